The molecule has 0 fully saturated rings. The minimum Gasteiger partial charge on any atom is -0.480 e. The summed E-state index contributed by atoms with van der Waals surface area (Å²) >= 11 is 5.64. The Morgan fingerprint density at radius 1 is 1.67 bits per heavy atom. The summed E-state index contributed by atoms with van der Waals surface area (Å²) in [6.07, 6.45) is 0. The maximum atomic E-state index is 13.1. The Kier molecular flexibility index (Phi) is 3.88. The first-order valence-corrected chi connectivity index (χ1v) is 4.56. The lowest BCUT2D eigenvalue weighted by atomic mass is 10.2. The highest BCUT2D eigenvalue weighted by Gasteiger charge is 2.11. The second kappa shape index (κ2) is 4.95. The van der Waals surface area contributed by atoms with E-state index in [0.717, 1.165) is 0 Å². The molecule has 0 aliphatic heterocycles. The van der Waals surface area contributed by atoms with Crippen LogP contribution in [-0.4, -0.2) is 23.7 Å². The third-order valence-electron chi connectivity index (χ3n) is 1.76. The van der Waals surface area contributed by atoms with Crippen molar-refractivity contribution in [3.8, 4) is 0 Å². The van der Waals surface area contributed by atoms with E-state index < -0.39 is 17.8 Å². The average molecular weight is 233 g/mol. The molecule has 0 aromatic heterocycles. The van der Waals surface area contributed by atoms with Crippen LogP contribution in [0.25, 0.3) is 0 Å². The third-order valence-corrected chi connectivity index (χ3v) is 1.99. The van der Waals surface area contributed by atoms with E-state index in [-0.39, 0.29) is 12.2 Å². The number of benzene rings is 1. The zero-order valence-electron chi connectivity index (χ0n) is 7.71. The van der Waals surface area contributed by atoms with Gasteiger partial charge in [-0.3, -0.25) is 4.79 Å². The van der Waals surface area contributed by atoms with Crippen molar-refractivity contribution in [2.75, 3.05) is 11.9 Å². The molecule has 0 saturated carbocycles. The number of carboxylic acids is 1. The molecule has 1 aromatic rings. The van der Waals surface area contributed by atoms with E-state index in [4.69, 9.17) is 22.4 Å². The lowest BCUT2D eigenvalue weighted by Gasteiger charge is -2.10. The molecule has 0 spiro atoms. The fourth-order valence-electron chi connectivity index (χ4n) is 0.940. The number of hydrogen-bond acceptors (Lipinski definition) is 3. The van der Waals surface area contributed by atoms with Gasteiger partial charge in [0.05, 0.1) is 5.69 Å². The van der Waals surface area contributed by atoms with E-state index in [9.17, 15) is 9.18 Å². The predicted molar refractivity (Wildman–Crippen MR) is 55.5 cm³/mol. The van der Waals surface area contributed by atoms with Crippen molar-refractivity contribution in [3.63, 3.8) is 0 Å². The Hall–Kier alpha value is -1.33. The summed E-state index contributed by atoms with van der Waals surface area (Å²) < 4.78 is 13.1. The summed E-state index contributed by atoms with van der Waals surface area (Å²) in [6.45, 7) is -0.0629. The number of rotatable bonds is 4. The molecule has 0 aliphatic rings. The Bertz CT molecular complexity index is 373. The number of aliphatic carboxylic acids is 1. The van der Waals surface area contributed by atoms with Crippen molar-refractivity contribution in [1.82, 2.24) is 0 Å². The minimum atomic E-state index is -1.15. The molecular weight excluding hydrogens is 223 g/mol. The van der Waals surface area contributed by atoms with Crippen molar-refractivity contribution < 1.29 is 14.3 Å². The Balaban J connectivity index is 2.65. The lowest BCUT2D eigenvalue weighted by Crippen LogP contribution is -2.37. The largest absolute Gasteiger partial charge is 0.480 e. The van der Waals surface area contributed by atoms with Crippen LogP contribution < -0.4 is 11.1 Å². The van der Waals surface area contributed by atoms with Gasteiger partial charge in [0.1, 0.15) is 11.9 Å². The summed E-state index contributed by atoms with van der Waals surface area (Å²) in [6, 6.07) is 2.88. The minimum absolute atomic E-state index is 0.0629. The van der Waals surface area contributed by atoms with E-state index >= 15 is 0 Å². The number of carbonyl (C=O) groups is 1. The van der Waals surface area contributed by atoms with Crippen LogP contribution in [0.5, 0.6) is 0 Å². The summed E-state index contributed by atoms with van der Waals surface area (Å²) in [4.78, 5) is 10.4. The van der Waals surface area contributed by atoms with Gasteiger partial charge in [0.2, 0.25) is 0 Å². The summed E-state index contributed by atoms with van der Waals surface area (Å²) in [5.74, 6) is -1.65. The molecule has 4 N–H and O–H groups in total. The van der Waals surface area contributed by atoms with E-state index in [1.165, 1.54) is 18.2 Å². The molecule has 6 heteroatoms. The van der Waals surface area contributed by atoms with Gasteiger partial charge in [0, 0.05) is 11.6 Å². The number of nitrogens with two attached hydrogens (primary N) is 1. The van der Waals surface area contributed by atoms with Gasteiger partial charge in [0.25, 0.3) is 0 Å². The topological polar surface area (TPSA) is 75.3 Å². The van der Waals surface area contributed by atoms with Gasteiger partial charge >= 0.3 is 5.97 Å². The highest BCUT2D eigenvalue weighted by Crippen LogP contribution is 2.19. The molecule has 0 radical (unpaired) electrons. The van der Waals surface area contributed by atoms with Gasteiger partial charge in [-0.1, -0.05) is 11.6 Å². The number of anilines is 1. The van der Waals surface area contributed by atoms with E-state index in [1.807, 2.05) is 0 Å². The molecule has 0 heterocycles. The van der Waals surface area contributed by atoms with E-state index in [1.54, 1.807) is 0 Å². The quantitative estimate of drug-likeness (QED) is 0.732. The highest BCUT2D eigenvalue weighted by atomic mass is 35.5. The molecule has 0 saturated heterocycles. The van der Waals surface area contributed by atoms with Crippen LogP contribution in [0.3, 0.4) is 0 Å². The number of hydrogen-bond donors (Lipinski definition) is 3. The molecule has 4 nitrogen and oxygen atoms in total. The molecular formula is C9H10ClFN2O2. The monoisotopic (exact) mass is 232 g/mol. The van der Waals surface area contributed by atoms with Crippen molar-refractivity contribution in [2.24, 2.45) is 5.73 Å². The maximum Gasteiger partial charge on any atom is 0.322 e. The Morgan fingerprint density at radius 3 is 2.93 bits per heavy atom. The number of nitrogens with one attached hydrogen (secondary N) is 1. The molecule has 82 valence electrons. The van der Waals surface area contributed by atoms with Crippen LogP contribution in [0.1, 0.15) is 0 Å². The Morgan fingerprint density at radius 2 is 2.33 bits per heavy atom. The summed E-state index contributed by atoms with van der Waals surface area (Å²) in [7, 11) is 0. The van der Waals surface area contributed by atoms with Crippen LogP contribution in [0.15, 0.2) is 18.2 Å². The zero-order chi connectivity index (χ0) is 11.4. The molecule has 1 rings (SSSR count). The average Bonchev–Trinajstić information content (AvgIpc) is 2.18. The van der Waals surface area contributed by atoms with Crippen LogP contribution in [0.4, 0.5) is 10.1 Å². The second-order valence-electron chi connectivity index (χ2n) is 2.95. The second-order valence-corrected chi connectivity index (χ2v) is 3.39. The smallest absolute Gasteiger partial charge is 0.322 e. The van der Waals surface area contributed by atoms with Gasteiger partial charge in [-0.05, 0) is 18.2 Å². The molecule has 15 heavy (non-hydrogen) atoms. The van der Waals surface area contributed by atoms with Gasteiger partial charge in [-0.15, -0.1) is 0 Å². The molecule has 0 amide bonds. The van der Waals surface area contributed by atoms with Gasteiger partial charge in [-0.25, -0.2) is 4.39 Å². The van der Waals surface area contributed by atoms with Crippen molar-refractivity contribution in [2.45, 2.75) is 6.04 Å². The molecule has 0 bridgehead atoms. The third kappa shape index (κ3) is 3.38. The predicted octanol–water partition coefficient (Wildman–Crippen LogP) is 1.30. The van der Waals surface area contributed by atoms with E-state index in [2.05, 4.69) is 5.32 Å². The first-order chi connectivity index (χ1) is 7.00. The maximum absolute atomic E-state index is 13.1. The van der Waals surface area contributed by atoms with Crippen LogP contribution in [-0.2, 0) is 4.79 Å². The fourth-order valence-corrected chi connectivity index (χ4v) is 1.11. The van der Waals surface area contributed by atoms with Gasteiger partial charge < -0.3 is 16.2 Å². The molecule has 1 unspecified atom stereocenters. The zero-order valence-corrected chi connectivity index (χ0v) is 8.46. The summed E-state index contributed by atoms with van der Waals surface area (Å²) in [5.41, 5.74) is 5.37. The summed E-state index contributed by atoms with van der Waals surface area (Å²) in [5, 5.41) is 11.4. The SMILES string of the molecule is NC(CNc1cc(Cl)ccc1F)C(=O)O. The first-order valence-electron chi connectivity index (χ1n) is 4.18. The van der Waals surface area contributed by atoms with Crippen LogP contribution in [0, 0.1) is 5.82 Å². The standard InChI is InChI=1S/C9H10ClFN2O2/c10-5-1-2-6(11)8(3-5)13-4-7(12)9(14)15/h1-3,7,13H,4,12H2,(H,14,15). The van der Waals surface area contributed by atoms with Crippen molar-refractivity contribution in [1.29, 1.82) is 0 Å². The molecule has 1 aromatic carbocycles. The van der Waals surface area contributed by atoms with E-state index in [0.29, 0.717) is 5.02 Å². The van der Waals surface area contributed by atoms with Gasteiger partial charge in [-0.2, -0.15) is 0 Å². The molecule has 0 aliphatic carbocycles. The van der Waals surface area contributed by atoms with Crippen LogP contribution >= 0.6 is 11.6 Å². The van der Waals surface area contributed by atoms with Crippen molar-refractivity contribution >= 4 is 23.3 Å². The van der Waals surface area contributed by atoms with Crippen LogP contribution in [0.2, 0.25) is 5.02 Å². The number of carboxylic acid groups (broad SMARTS) is 1. The molecule has 1 atom stereocenters. The lowest BCUT2D eigenvalue weighted by molar-refractivity contribution is -0.138. The Labute approximate surface area is 90.8 Å². The normalized spacial score (nSPS) is 12.2. The first kappa shape index (κ1) is 11.7. The van der Waals surface area contributed by atoms with Crippen molar-refractivity contribution in [3.05, 3.63) is 29.0 Å². The fraction of sp³-hybridized carbons (Fsp3) is 0.222. The van der Waals surface area contributed by atoms with Gasteiger partial charge in [0.15, 0.2) is 0 Å². The highest BCUT2D eigenvalue weighted by molar-refractivity contribution is 6.30. The number of halogens is 2.